The molecule has 1 heterocycles. The fourth-order valence-electron chi connectivity index (χ4n) is 11.8. The molecule has 200 valence electrons. The minimum Gasteiger partial charge on any atom is -0.462 e. The first-order valence-corrected chi connectivity index (χ1v) is 14.8. The van der Waals surface area contributed by atoms with Gasteiger partial charge in [-0.15, -0.1) is 0 Å². The average molecular weight is 497 g/mol. The van der Waals surface area contributed by atoms with Gasteiger partial charge in [0.2, 0.25) is 0 Å². The standard InChI is InChI=1S/C32H48O4/c1-19-9-15-31-18-17-30(8)29(7)14-10-22-27(4,5)24(35-21(3)33)12-13-28(22,6)23(29)11-16-32(30,36-26(31)34)25(31)20(19)2/h11,16,19-20,22-25H,9-10,12-15,17-18H2,1-8H3/t19-,20+,22?,23?,24+,25?,28+,29-,30+,31+,32+/m0/s1. The lowest BCUT2D eigenvalue weighted by atomic mass is 9.32. The van der Waals surface area contributed by atoms with Gasteiger partial charge in [-0.2, -0.15) is 0 Å². The first kappa shape index (κ1) is 25.0. The van der Waals surface area contributed by atoms with Crippen molar-refractivity contribution in [3.8, 4) is 0 Å². The Kier molecular flexibility index (Phi) is 5.00. The van der Waals surface area contributed by atoms with Crippen molar-refractivity contribution >= 4 is 11.9 Å². The highest BCUT2D eigenvalue weighted by Gasteiger charge is 2.80. The molecule has 4 heteroatoms. The van der Waals surface area contributed by atoms with Crippen LogP contribution in [0.4, 0.5) is 0 Å². The Labute approximate surface area is 218 Å². The average Bonchev–Trinajstić information content (AvgIpc) is 2.99. The number of carbonyl (C=O) groups excluding carboxylic acids is 2. The van der Waals surface area contributed by atoms with Crippen LogP contribution in [-0.4, -0.2) is 23.6 Å². The van der Waals surface area contributed by atoms with Crippen molar-refractivity contribution in [2.24, 2.45) is 56.7 Å². The maximum atomic E-state index is 13.7. The molecule has 4 nitrogen and oxygen atoms in total. The van der Waals surface area contributed by atoms with Crippen LogP contribution in [0, 0.1) is 56.7 Å². The predicted molar refractivity (Wildman–Crippen MR) is 140 cm³/mol. The molecule has 0 aromatic rings. The zero-order valence-electron chi connectivity index (χ0n) is 23.9. The number of rotatable bonds is 1. The highest BCUT2D eigenvalue weighted by Crippen LogP contribution is 2.79. The highest BCUT2D eigenvalue weighted by molar-refractivity contribution is 5.82. The Hall–Kier alpha value is -1.32. The van der Waals surface area contributed by atoms with Gasteiger partial charge in [0.15, 0.2) is 0 Å². The Morgan fingerprint density at radius 1 is 0.972 bits per heavy atom. The monoisotopic (exact) mass is 496 g/mol. The fourth-order valence-corrected chi connectivity index (χ4v) is 11.8. The number of ether oxygens (including phenoxy) is 2. The smallest absolute Gasteiger partial charge is 0.313 e. The van der Waals surface area contributed by atoms with E-state index in [0.717, 1.165) is 51.4 Å². The summed E-state index contributed by atoms with van der Waals surface area (Å²) in [5.41, 5.74) is -0.681. The van der Waals surface area contributed by atoms with Gasteiger partial charge in [0.25, 0.3) is 0 Å². The minimum atomic E-state index is -0.477. The lowest BCUT2D eigenvalue weighted by molar-refractivity contribution is -0.247. The summed E-state index contributed by atoms with van der Waals surface area (Å²) in [5, 5.41) is 0. The Bertz CT molecular complexity index is 1030. The zero-order valence-corrected chi connectivity index (χ0v) is 23.9. The molecular formula is C32H48O4. The summed E-state index contributed by atoms with van der Waals surface area (Å²) in [7, 11) is 0. The van der Waals surface area contributed by atoms with Gasteiger partial charge in [-0.05, 0) is 91.9 Å². The van der Waals surface area contributed by atoms with Crippen molar-refractivity contribution < 1.29 is 19.1 Å². The van der Waals surface area contributed by atoms with Crippen LogP contribution < -0.4 is 0 Å². The van der Waals surface area contributed by atoms with Crippen LogP contribution >= 0.6 is 0 Å². The molecule has 0 amide bonds. The normalized spacial score (nSPS) is 56.5. The molecule has 0 aromatic heterocycles. The van der Waals surface area contributed by atoms with E-state index in [0.29, 0.717) is 23.7 Å². The molecule has 2 bridgehead atoms. The maximum Gasteiger partial charge on any atom is 0.313 e. The lowest BCUT2D eigenvalue weighted by Gasteiger charge is -2.72. The quantitative estimate of drug-likeness (QED) is 0.287. The van der Waals surface area contributed by atoms with E-state index in [4.69, 9.17) is 9.47 Å². The summed E-state index contributed by atoms with van der Waals surface area (Å²) in [6.07, 6.45) is 13.4. The van der Waals surface area contributed by atoms with Crippen LogP contribution in [-0.2, 0) is 19.1 Å². The summed E-state index contributed by atoms with van der Waals surface area (Å²) >= 11 is 0. The summed E-state index contributed by atoms with van der Waals surface area (Å²) in [4.78, 5) is 25.6. The molecule has 11 atom stereocenters. The van der Waals surface area contributed by atoms with Crippen molar-refractivity contribution in [1.29, 1.82) is 0 Å². The van der Waals surface area contributed by atoms with Crippen LogP contribution in [0.5, 0.6) is 0 Å². The SMILES string of the molecule is CC(=O)O[C@@H]1CC[C@]2(C)C(CC[C@@]3(C)C2C=C[C@@]24OC(=O)[C@]5(CC[C@H](C)[C@@H](C)C52)CC[C@]34C)C1(C)C. The second kappa shape index (κ2) is 7.20. The van der Waals surface area contributed by atoms with Gasteiger partial charge in [0.1, 0.15) is 11.7 Å². The number of hydrogen-bond acceptors (Lipinski definition) is 4. The van der Waals surface area contributed by atoms with Crippen molar-refractivity contribution in [2.45, 2.75) is 118 Å². The highest BCUT2D eigenvalue weighted by atomic mass is 16.6. The first-order valence-electron chi connectivity index (χ1n) is 14.8. The predicted octanol–water partition coefficient (Wildman–Crippen LogP) is 7.11. The summed E-state index contributed by atoms with van der Waals surface area (Å²) in [6.45, 7) is 18.6. The molecule has 3 unspecified atom stereocenters. The van der Waals surface area contributed by atoms with Gasteiger partial charge in [-0.25, -0.2) is 0 Å². The number of hydrogen-bond donors (Lipinski definition) is 0. The molecule has 36 heavy (non-hydrogen) atoms. The molecule has 1 saturated heterocycles. The minimum absolute atomic E-state index is 0.0115. The van der Waals surface area contributed by atoms with Crippen LogP contribution in [0.3, 0.4) is 0 Å². The molecule has 0 radical (unpaired) electrons. The molecule has 6 rings (SSSR count). The molecule has 0 aromatic carbocycles. The van der Waals surface area contributed by atoms with E-state index >= 15 is 0 Å². The Balaban J connectivity index is 1.46. The van der Waals surface area contributed by atoms with Gasteiger partial charge < -0.3 is 9.47 Å². The Morgan fingerprint density at radius 2 is 1.69 bits per heavy atom. The van der Waals surface area contributed by atoms with Crippen molar-refractivity contribution in [3.05, 3.63) is 12.2 Å². The molecule has 1 aliphatic heterocycles. The van der Waals surface area contributed by atoms with E-state index in [9.17, 15) is 9.59 Å². The van der Waals surface area contributed by atoms with Crippen molar-refractivity contribution in [1.82, 2.24) is 0 Å². The second-order valence-electron chi connectivity index (χ2n) is 15.3. The van der Waals surface area contributed by atoms with E-state index in [1.807, 2.05) is 0 Å². The number of esters is 2. The Morgan fingerprint density at radius 3 is 2.39 bits per heavy atom. The zero-order chi connectivity index (χ0) is 26.1. The number of fused-ring (bicyclic) bond motifs is 4. The molecule has 4 saturated carbocycles. The van der Waals surface area contributed by atoms with Gasteiger partial charge in [-0.1, -0.05) is 54.5 Å². The van der Waals surface area contributed by atoms with Crippen LogP contribution in [0.25, 0.3) is 0 Å². The number of carbonyl (C=O) groups is 2. The molecule has 6 aliphatic rings. The van der Waals surface area contributed by atoms with E-state index in [-0.39, 0.29) is 51.0 Å². The summed E-state index contributed by atoms with van der Waals surface area (Å²) in [5.74, 6) is 2.27. The second-order valence-corrected chi connectivity index (χ2v) is 15.3. The molecular weight excluding hydrogens is 448 g/mol. The van der Waals surface area contributed by atoms with E-state index in [2.05, 4.69) is 60.6 Å². The molecule has 0 N–H and O–H groups in total. The first-order chi connectivity index (χ1) is 16.7. The fraction of sp³-hybridized carbons (Fsp3) is 0.875. The summed E-state index contributed by atoms with van der Waals surface area (Å²) in [6, 6.07) is 0. The lowest BCUT2D eigenvalue weighted by Crippen LogP contribution is -2.71. The maximum absolute atomic E-state index is 13.7. The summed E-state index contributed by atoms with van der Waals surface area (Å²) < 4.78 is 12.6. The largest absolute Gasteiger partial charge is 0.462 e. The van der Waals surface area contributed by atoms with Gasteiger partial charge >= 0.3 is 11.9 Å². The van der Waals surface area contributed by atoms with Crippen LogP contribution in [0.1, 0.15) is 107 Å². The van der Waals surface area contributed by atoms with Gasteiger partial charge in [0, 0.05) is 23.7 Å². The topological polar surface area (TPSA) is 52.6 Å². The van der Waals surface area contributed by atoms with Gasteiger partial charge in [-0.3, -0.25) is 9.59 Å². The van der Waals surface area contributed by atoms with Crippen molar-refractivity contribution in [3.63, 3.8) is 0 Å². The van der Waals surface area contributed by atoms with Crippen molar-refractivity contribution in [2.75, 3.05) is 0 Å². The third-order valence-electron chi connectivity index (χ3n) is 14.1. The third-order valence-corrected chi connectivity index (χ3v) is 14.1. The number of allylic oxidation sites excluding steroid dienone is 1. The van der Waals surface area contributed by atoms with E-state index in [1.165, 1.54) is 0 Å². The molecule has 1 spiro atoms. The van der Waals surface area contributed by atoms with Crippen LogP contribution in [0.2, 0.25) is 0 Å². The molecule has 5 fully saturated rings. The molecule has 5 aliphatic carbocycles. The van der Waals surface area contributed by atoms with Gasteiger partial charge in [0.05, 0.1) is 5.41 Å². The van der Waals surface area contributed by atoms with Crippen LogP contribution in [0.15, 0.2) is 12.2 Å². The van der Waals surface area contributed by atoms with E-state index in [1.54, 1.807) is 6.92 Å². The van der Waals surface area contributed by atoms with E-state index < -0.39 is 5.60 Å². The third kappa shape index (κ3) is 2.58.